The smallest absolute Gasteiger partial charge is 0.195 e. The zero-order chi connectivity index (χ0) is 16.0. The number of hydrogen-bond donors (Lipinski definition) is 2. The molecule has 1 aromatic carbocycles. The van der Waals surface area contributed by atoms with Gasteiger partial charge >= 0.3 is 0 Å². The van der Waals surface area contributed by atoms with E-state index in [-0.39, 0.29) is 30.7 Å². The largest absolute Gasteiger partial charge is 0.493 e. The quantitative estimate of drug-likeness (QED) is 0.254. The van der Waals surface area contributed by atoms with Crippen LogP contribution in [0.1, 0.15) is 19.8 Å². The second kappa shape index (κ2) is 14.5. The van der Waals surface area contributed by atoms with Crippen molar-refractivity contribution >= 4 is 35.6 Å². The molecule has 2 N–H and O–H groups in total. The van der Waals surface area contributed by atoms with Crippen LogP contribution >= 0.6 is 24.0 Å². The molecule has 23 heavy (non-hydrogen) atoms. The predicted molar refractivity (Wildman–Crippen MR) is 104 cm³/mol. The molecule has 7 heteroatoms. The van der Waals surface area contributed by atoms with Crippen molar-refractivity contribution in [2.45, 2.75) is 19.8 Å². The van der Waals surface area contributed by atoms with E-state index < -0.39 is 0 Å². The fourth-order valence-electron chi connectivity index (χ4n) is 1.75. The minimum atomic E-state index is -0.353. The molecule has 0 unspecified atom stereocenters. The minimum absolute atomic E-state index is 0. The minimum Gasteiger partial charge on any atom is -0.493 e. The molecule has 1 aromatic rings. The number of benzene rings is 1. The van der Waals surface area contributed by atoms with Crippen molar-refractivity contribution in [3.05, 3.63) is 24.3 Å². The second-order valence-corrected chi connectivity index (χ2v) is 4.65. The average Bonchev–Trinajstić information content (AvgIpc) is 2.52. The van der Waals surface area contributed by atoms with E-state index in [9.17, 15) is 4.39 Å². The number of hydrogen-bond acceptors (Lipinski definition) is 3. The lowest BCUT2D eigenvalue weighted by atomic mass is 10.3. The molecule has 0 fully saturated rings. The molecule has 0 aromatic heterocycles. The molecular weight excluding hydrogens is 412 g/mol. The molecule has 0 aliphatic carbocycles. The van der Waals surface area contributed by atoms with Gasteiger partial charge in [-0.05, 0) is 25.5 Å². The Kier molecular flexibility index (Phi) is 13.8. The summed E-state index contributed by atoms with van der Waals surface area (Å²) in [4.78, 5) is 4.31. The van der Waals surface area contributed by atoms with E-state index in [0.29, 0.717) is 32.1 Å². The van der Waals surface area contributed by atoms with E-state index in [1.165, 1.54) is 0 Å². The Morgan fingerprint density at radius 2 is 2.09 bits per heavy atom. The number of nitrogens with zero attached hydrogens (tertiary/aromatic N) is 1. The topological polar surface area (TPSA) is 54.9 Å². The second-order valence-electron chi connectivity index (χ2n) is 4.65. The zero-order valence-corrected chi connectivity index (χ0v) is 16.1. The van der Waals surface area contributed by atoms with Gasteiger partial charge in [-0.2, -0.15) is 0 Å². The number of methoxy groups -OCH3 is 1. The predicted octanol–water partition coefficient (Wildman–Crippen LogP) is 3.46. The summed E-state index contributed by atoms with van der Waals surface area (Å²) in [5, 5.41) is 6.32. The van der Waals surface area contributed by atoms with E-state index in [0.717, 1.165) is 24.4 Å². The first-order chi connectivity index (χ1) is 10.8. The average molecular weight is 439 g/mol. The Balaban J connectivity index is 0.00000484. The van der Waals surface area contributed by atoms with Crippen LogP contribution in [-0.4, -0.2) is 46.0 Å². The van der Waals surface area contributed by atoms with Crippen molar-refractivity contribution in [2.75, 3.05) is 45.4 Å². The lowest BCUT2D eigenvalue weighted by molar-refractivity contribution is 0.172. The summed E-state index contributed by atoms with van der Waals surface area (Å²) in [6.07, 6.45) is 1.28. The number of rotatable bonds is 10. The fraction of sp³-hybridized carbons (Fsp3) is 0.562. The Labute approximate surface area is 155 Å². The highest BCUT2D eigenvalue weighted by Crippen LogP contribution is 2.17. The lowest BCUT2D eigenvalue weighted by Crippen LogP contribution is -2.30. The first-order valence-corrected chi connectivity index (χ1v) is 7.63. The normalized spacial score (nSPS) is 10.8. The third kappa shape index (κ3) is 10.3. The van der Waals surface area contributed by atoms with E-state index in [1.807, 2.05) is 31.2 Å². The number of nitrogens with one attached hydrogen (secondary N) is 2. The summed E-state index contributed by atoms with van der Waals surface area (Å²) in [5.41, 5.74) is 0.879. The van der Waals surface area contributed by atoms with E-state index in [2.05, 4.69) is 15.6 Å². The molecule has 0 aliphatic rings. The molecule has 0 saturated carbocycles. The highest BCUT2D eigenvalue weighted by Gasteiger charge is 2.01. The van der Waals surface area contributed by atoms with Crippen LogP contribution < -0.4 is 15.4 Å². The zero-order valence-electron chi connectivity index (χ0n) is 13.8. The summed E-state index contributed by atoms with van der Waals surface area (Å²) >= 11 is 0. The molecule has 0 saturated heterocycles. The van der Waals surface area contributed by atoms with Gasteiger partial charge < -0.3 is 20.1 Å². The van der Waals surface area contributed by atoms with Crippen LogP contribution in [-0.2, 0) is 4.74 Å². The van der Waals surface area contributed by atoms with Crippen LogP contribution in [0.4, 0.5) is 10.1 Å². The van der Waals surface area contributed by atoms with Crippen LogP contribution in [0.3, 0.4) is 0 Å². The highest BCUT2D eigenvalue weighted by molar-refractivity contribution is 14.0. The Morgan fingerprint density at radius 1 is 1.26 bits per heavy atom. The SMILES string of the molecule is CCNC(=NCCCF)Nc1cccc(OCCCOC)c1.I. The number of aliphatic imine (C=N–C) groups is 1. The first kappa shape index (κ1) is 21.9. The number of halogens is 2. The van der Waals surface area contributed by atoms with Gasteiger partial charge in [0.05, 0.1) is 13.3 Å². The van der Waals surface area contributed by atoms with Gasteiger partial charge in [0.25, 0.3) is 0 Å². The van der Waals surface area contributed by atoms with Gasteiger partial charge in [-0.15, -0.1) is 24.0 Å². The highest BCUT2D eigenvalue weighted by atomic mass is 127. The molecule has 0 amide bonds. The van der Waals surface area contributed by atoms with Crippen molar-refractivity contribution in [3.63, 3.8) is 0 Å². The maximum atomic E-state index is 12.1. The molecular formula is C16H27FIN3O2. The molecule has 0 radical (unpaired) electrons. The number of ether oxygens (including phenoxy) is 2. The molecule has 0 heterocycles. The van der Waals surface area contributed by atoms with Crippen LogP contribution in [0.5, 0.6) is 5.75 Å². The van der Waals surface area contributed by atoms with Crippen LogP contribution in [0.25, 0.3) is 0 Å². The fourth-order valence-corrected chi connectivity index (χ4v) is 1.75. The van der Waals surface area contributed by atoms with Crippen LogP contribution in [0.2, 0.25) is 0 Å². The van der Waals surface area contributed by atoms with Crippen molar-refractivity contribution in [3.8, 4) is 5.75 Å². The monoisotopic (exact) mass is 439 g/mol. The van der Waals surface area contributed by atoms with Gasteiger partial charge in [0.1, 0.15) is 5.75 Å². The standard InChI is InChI=1S/C16H26FN3O2.HI/c1-3-18-16(19-10-5-9-17)20-14-7-4-8-15(13-14)22-12-6-11-21-2;/h4,7-8,13H,3,5-6,9-12H2,1-2H3,(H2,18,19,20);1H. The third-order valence-electron chi connectivity index (χ3n) is 2.76. The number of alkyl halides is 1. The molecule has 0 aliphatic heterocycles. The first-order valence-electron chi connectivity index (χ1n) is 7.63. The van der Waals surface area contributed by atoms with Gasteiger partial charge in [-0.1, -0.05) is 6.07 Å². The van der Waals surface area contributed by atoms with E-state index >= 15 is 0 Å². The summed E-state index contributed by atoms with van der Waals surface area (Å²) < 4.78 is 22.8. The number of guanidine groups is 1. The van der Waals surface area contributed by atoms with Crippen molar-refractivity contribution in [1.29, 1.82) is 0 Å². The maximum absolute atomic E-state index is 12.1. The molecule has 132 valence electrons. The summed E-state index contributed by atoms with van der Waals surface area (Å²) in [5.74, 6) is 1.44. The lowest BCUT2D eigenvalue weighted by Gasteiger charge is -2.12. The summed E-state index contributed by atoms with van der Waals surface area (Å²) in [6, 6.07) is 7.67. The Morgan fingerprint density at radius 3 is 2.78 bits per heavy atom. The Bertz CT molecular complexity index is 447. The van der Waals surface area contributed by atoms with Crippen LogP contribution in [0.15, 0.2) is 29.3 Å². The molecule has 0 bridgehead atoms. The summed E-state index contributed by atoms with van der Waals surface area (Å²) in [6.45, 7) is 4.13. The van der Waals surface area contributed by atoms with Crippen molar-refractivity contribution in [1.82, 2.24) is 5.32 Å². The van der Waals surface area contributed by atoms with Crippen LogP contribution in [0, 0.1) is 0 Å². The van der Waals surface area contributed by atoms with Crippen molar-refractivity contribution in [2.24, 2.45) is 4.99 Å². The van der Waals surface area contributed by atoms with Gasteiger partial charge in [0.2, 0.25) is 0 Å². The van der Waals surface area contributed by atoms with Gasteiger partial charge in [0.15, 0.2) is 5.96 Å². The molecule has 5 nitrogen and oxygen atoms in total. The maximum Gasteiger partial charge on any atom is 0.195 e. The summed E-state index contributed by atoms with van der Waals surface area (Å²) in [7, 11) is 1.68. The third-order valence-corrected chi connectivity index (χ3v) is 2.76. The molecule has 1 rings (SSSR count). The van der Waals surface area contributed by atoms with E-state index in [4.69, 9.17) is 9.47 Å². The van der Waals surface area contributed by atoms with Gasteiger partial charge in [-0.3, -0.25) is 9.38 Å². The van der Waals surface area contributed by atoms with Gasteiger partial charge in [0, 0.05) is 45.0 Å². The molecule has 0 atom stereocenters. The van der Waals surface area contributed by atoms with Crippen molar-refractivity contribution < 1.29 is 13.9 Å². The number of anilines is 1. The van der Waals surface area contributed by atoms with Gasteiger partial charge in [-0.25, -0.2) is 0 Å². The Hall–Kier alpha value is -1.09. The molecule has 0 spiro atoms. The van der Waals surface area contributed by atoms with E-state index in [1.54, 1.807) is 7.11 Å².